The van der Waals surface area contributed by atoms with Crippen LogP contribution in [-0.2, 0) is 13.6 Å². The van der Waals surface area contributed by atoms with Crippen LogP contribution in [0.25, 0.3) is 0 Å². The smallest absolute Gasteiger partial charge is 0.126 e. The predicted octanol–water partition coefficient (Wildman–Crippen LogP) is 1.30. The van der Waals surface area contributed by atoms with Crippen LogP contribution in [0.4, 0.5) is 5.82 Å². The Kier molecular flexibility index (Phi) is 2.83. The molecule has 5 nitrogen and oxygen atoms in total. The van der Waals surface area contributed by atoms with E-state index in [-0.39, 0.29) is 0 Å². The van der Waals surface area contributed by atoms with Crippen molar-refractivity contribution in [2.45, 2.75) is 6.54 Å². The van der Waals surface area contributed by atoms with Crippen molar-refractivity contribution in [1.29, 1.82) is 5.26 Å². The van der Waals surface area contributed by atoms with Crippen LogP contribution < -0.4 is 5.32 Å². The van der Waals surface area contributed by atoms with Crippen molar-refractivity contribution in [2.75, 3.05) is 5.32 Å². The van der Waals surface area contributed by atoms with Crippen molar-refractivity contribution < 1.29 is 0 Å². The summed E-state index contributed by atoms with van der Waals surface area (Å²) in [4.78, 5) is 4.12. The average Bonchev–Trinajstić information content (AvgIpc) is 2.73. The number of aromatic nitrogens is 3. The van der Waals surface area contributed by atoms with Gasteiger partial charge in [0, 0.05) is 19.4 Å². The normalized spacial score (nSPS) is 9.75. The Morgan fingerprint density at radius 1 is 1.44 bits per heavy atom. The van der Waals surface area contributed by atoms with E-state index < -0.39 is 0 Å². The van der Waals surface area contributed by atoms with E-state index in [4.69, 9.17) is 5.26 Å². The molecule has 0 bridgehead atoms. The molecule has 0 aliphatic carbocycles. The maximum Gasteiger partial charge on any atom is 0.126 e. The minimum absolute atomic E-state index is 0.561. The first-order valence-electron chi connectivity index (χ1n) is 4.86. The van der Waals surface area contributed by atoms with E-state index in [0.29, 0.717) is 12.1 Å². The molecule has 1 N–H and O–H groups in total. The van der Waals surface area contributed by atoms with Crippen molar-refractivity contribution in [3.8, 4) is 6.07 Å². The first kappa shape index (κ1) is 10.2. The molecular formula is C11H11N5. The number of hydrogen-bond acceptors (Lipinski definition) is 4. The van der Waals surface area contributed by atoms with Gasteiger partial charge in [-0.05, 0) is 18.2 Å². The van der Waals surface area contributed by atoms with Crippen LogP contribution in [0.1, 0.15) is 11.3 Å². The van der Waals surface area contributed by atoms with E-state index in [2.05, 4.69) is 15.4 Å². The number of pyridine rings is 1. The van der Waals surface area contributed by atoms with E-state index in [9.17, 15) is 0 Å². The summed E-state index contributed by atoms with van der Waals surface area (Å²) in [5.74, 6) is 0.750. The van der Waals surface area contributed by atoms with Crippen molar-refractivity contribution in [3.63, 3.8) is 0 Å². The van der Waals surface area contributed by atoms with Gasteiger partial charge in [0.2, 0.25) is 0 Å². The second-order valence-corrected chi connectivity index (χ2v) is 3.34. The number of hydrogen-bond donors (Lipinski definition) is 1. The Balaban J connectivity index is 2.00. The zero-order valence-electron chi connectivity index (χ0n) is 8.88. The monoisotopic (exact) mass is 213 g/mol. The highest BCUT2D eigenvalue weighted by atomic mass is 15.3. The van der Waals surface area contributed by atoms with Gasteiger partial charge in [0.1, 0.15) is 11.9 Å². The maximum absolute atomic E-state index is 8.62. The zero-order valence-corrected chi connectivity index (χ0v) is 8.88. The maximum atomic E-state index is 8.62. The molecule has 2 rings (SSSR count). The van der Waals surface area contributed by atoms with E-state index >= 15 is 0 Å². The zero-order chi connectivity index (χ0) is 11.4. The van der Waals surface area contributed by atoms with E-state index in [0.717, 1.165) is 11.5 Å². The minimum atomic E-state index is 0.561. The third-order valence-corrected chi connectivity index (χ3v) is 2.27. The lowest BCUT2D eigenvalue weighted by Gasteiger charge is -2.05. The first-order valence-corrected chi connectivity index (χ1v) is 4.86. The standard InChI is InChI=1S/C11H11N5/c1-16-10(4-5-15-16)8-14-11-3-2-9(6-12)7-13-11/h2-5,7H,8H2,1H3,(H,13,14). The van der Waals surface area contributed by atoms with Gasteiger partial charge >= 0.3 is 0 Å². The summed E-state index contributed by atoms with van der Waals surface area (Å²) in [6.45, 7) is 0.662. The SMILES string of the molecule is Cn1nccc1CNc1ccc(C#N)cn1. The molecule has 5 heteroatoms. The third kappa shape index (κ3) is 2.17. The molecule has 0 radical (unpaired) electrons. The average molecular weight is 213 g/mol. The Morgan fingerprint density at radius 3 is 2.88 bits per heavy atom. The van der Waals surface area contributed by atoms with Crippen molar-refractivity contribution in [3.05, 3.63) is 41.9 Å². The topological polar surface area (TPSA) is 66.5 Å². The Hall–Kier alpha value is -2.35. The molecule has 0 spiro atoms. The van der Waals surface area contributed by atoms with Gasteiger partial charge in [-0.2, -0.15) is 10.4 Å². The molecule has 0 saturated carbocycles. The van der Waals surface area contributed by atoms with Crippen LogP contribution >= 0.6 is 0 Å². The fraction of sp³-hybridized carbons (Fsp3) is 0.182. The Labute approximate surface area is 93.4 Å². The molecule has 0 aliphatic rings. The first-order chi connectivity index (χ1) is 7.79. The highest BCUT2D eigenvalue weighted by molar-refractivity contribution is 5.39. The van der Waals surface area contributed by atoms with Crippen LogP contribution in [-0.4, -0.2) is 14.8 Å². The van der Waals surface area contributed by atoms with Gasteiger partial charge in [-0.1, -0.05) is 0 Å². The summed E-state index contributed by atoms with van der Waals surface area (Å²) in [6, 6.07) is 7.49. The predicted molar refractivity (Wildman–Crippen MR) is 59.5 cm³/mol. The summed E-state index contributed by atoms with van der Waals surface area (Å²) in [6.07, 6.45) is 3.30. The lowest BCUT2D eigenvalue weighted by atomic mass is 10.3. The van der Waals surface area contributed by atoms with E-state index in [1.54, 1.807) is 29.2 Å². The summed E-state index contributed by atoms with van der Waals surface area (Å²) >= 11 is 0. The molecule has 0 amide bonds. The summed E-state index contributed by atoms with van der Waals surface area (Å²) < 4.78 is 1.80. The van der Waals surface area contributed by atoms with Gasteiger partial charge in [-0.3, -0.25) is 4.68 Å². The Morgan fingerprint density at radius 2 is 2.31 bits per heavy atom. The largest absolute Gasteiger partial charge is 0.364 e. The van der Waals surface area contributed by atoms with Gasteiger partial charge in [0.25, 0.3) is 0 Å². The molecule has 0 fully saturated rings. The molecule has 80 valence electrons. The third-order valence-electron chi connectivity index (χ3n) is 2.27. The van der Waals surface area contributed by atoms with Crippen molar-refractivity contribution >= 4 is 5.82 Å². The number of rotatable bonds is 3. The molecule has 0 aromatic carbocycles. The number of anilines is 1. The van der Waals surface area contributed by atoms with Crippen LogP contribution in [0.2, 0.25) is 0 Å². The quantitative estimate of drug-likeness (QED) is 0.834. The number of aryl methyl sites for hydroxylation is 1. The van der Waals surface area contributed by atoms with E-state index in [1.807, 2.05) is 19.2 Å². The summed E-state index contributed by atoms with van der Waals surface area (Å²) in [7, 11) is 1.89. The molecule has 2 aromatic rings. The lowest BCUT2D eigenvalue weighted by Crippen LogP contribution is -2.06. The van der Waals surface area contributed by atoms with Crippen LogP contribution in [0, 0.1) is 11.3 Å². The van der Waals surface area contributed by atoms with Crippen molar-refractivity contribution in [2.24, 2.45) is 7.05 Å². The molecule has 16 heavy (non-hydrogen) atoms. The number of nitriles is 1. The van der Waals surface area contributed by atoms with Gasteiger partial charge in [-0.15, -0.1) is 0 Å². The minimum Gasteiger partial charge on any atom is -0.364 e. The van der Waals surface area contributed by atoms with Crippen LogP contribution in [0.15, 0.2) is 30.6 Å². The molecular weight excluding hydrogens is 202 g/mol. The lowest BCUT2D eigenvalue weighted by molar-refractivity contribution is 0.720. The van der Waals surface area contributed by atoms with E-state index in [1.165, 1.54) is 0 Å². The fourth-order valence-corrected chi connectivity index (χ4v) is 1.32. The number of nitrogens with zero attached hydrogens (tertiary/aromatic N) is 4. The second kappa shape index (κ2) is 4.45. The van der Waals surface area contributed by atoms with Crippen LogP contribution in [0.3, 0.4) is 0 Å². The molecule has 0 unspecified atom stereocenters. The second-order valence-electron chi connectivity index (χ2n) is 3.34. The van der Waals surface area contributed by atoms with Gasteiger partial charge in [0.15, 0.2) is 0 Å². The Bertz CT molecular complexity index is 506. The molecule has 0 saturated heterocycles. The molecule has 0 atom stereocenters. The van der Waals surface area contributed by atoms with Crippen LogP contribution in [0.5, 0.6) is 0 Å². The highest BCUT2D eigenvalue weighted by Gasteiger charge is 1.99. The highest BCUT2D eigenvalue weighted by Crippen LogP contribution is 2.06. The van der Waals surface area contributed by atoms with Gasteiger partial charge in [-0.25, -0.2) is 4.98 Å². The van der Waals surface area contributed by atoms with Gasteiger partial charge in [0.05, 0.1) is 17.8 Å². The van der Waals surface area contributed by atoms with Crippen molar-refractivity contribution in [1.82, 2.24) is 14.8 Å². The molecule has 2 aromatic heterocycles. The molecule has 0 aliphatic heterocycles. The number of nitrogens with one attached hydrogen (secondary N) is 1. The molecule has 2 heterocycles. The van der Waals surface area contributed by atoms with Gasteiger partial charge < -0.3 is 5.32 Å². The fourth-order valence-electron chi connectivity index (χ4n) is 1.32. The summed E-state index contributed by atoms with van der Waals surface area (Å²) in [5, 5.41) is 15.9. The summed E-state index contributed by atoms with van der Waals surface area (Å²) in [5.41, 5.74) is 1.64.